The molecule has 0 saturated carbocycles. The predicted octanol–water partition coefficient (Wildman–Crippen LogP) is 0.340. The summed E-state index contributed by atoms with van der Waals surface area (Å²) in [4.78, 5) is 22.8. The number of Topliss-reactive ketones (excluding diaryl/α,β-unsaturated/α-hetero) is 2. The molecule has 0 radical (unpaired) electrons. The molecule has 0 amide bonds. The van der Waals surface area contributed by atoms with Gasteiger partial charge in [0.25, 0.3) is 0 Å². The van der Waals surface area contributed by atoms with Crippen molar-refractivity contribution < 1.29 is 30.0 Å². The summed E-state index contributed by atoms with van der Waals surface area (Å²) in [5.41, 5.74) is 1.86. The first kappa shape index (κ1) is 16.0. The Hall–Kier alpha value is -2.38. The minimum Gasteiger partial charge on any atom is -0.362 e. The van der Waals surface area contributed by atoms with Crippen LogP contribution in [0, 0.1) is 0 Å². The highest BCUT2D eigenvalue weighted by atomic mass is 16.5. The second-order valence-corrected chi connectivity index (χ2v) is 4.63. The Kier molecular flexibility index (Phi) is 4.79. The summed E-state index contributed by atoms with van der Waals surface area (Å²) in [6.45, 7) is 0. The van der Waals surface area contributed by atoms with Crippen LogP contribution in [-0.4, -0.2) is 44.6 Å². The third kappa shape index (κ3) is 3.44. The first-order valence-corrected chi connectivity index (χ1v) is 6.41. The molecule has 22 heavy (non-hydrogen) atoms. The predicted molar refractivity (Wildman–Crippen MR) is 77.0 cm³/mol. The maximum Gasteiger partial charge on any atom is 0.218 e. The third-order valence-corrected chi connectivity index (χ3v) is 3.14. The molecule has 0 saturated heterocycles. The van der Waals surface area contributed by atoms with Crippen molar-refractivity contribution >= 4 is 11.6 Å². The Morgan fingerprint density at radius 1 is 0.591 bits per heavy atom. The van der Waals surface area contributed by atoms with Gasteiger partial charge in [0.05, 0.1) is 0 Å². The number of aliphatic hydroxyl groups excluding tert-OH is 2. The molecule has 0 aromatic heterocycles. The van der Waals surface area contributed by atoms with E-state index >= 15 is 0 Å². The van der Waals surface area contributed by atoms with Crippen molar-refractivity contribution in [3.05, 3.63) is 59.7 Å². The summed E-state index contributed by atoms with van der Waals surface area (Å²) in [5, 5.41) is 35.3. The van der Waals surface area contributed by atoms with E-state index in [1.165, 1.54) is 24.3 Å². The van der Waals surface area contributed by atoms with E-state index in [0.717, 1.165) is 11.1 Å². The zero-order valence-corrected chi connectivity index (χ0v) is 11.4. The molecule has 0 aliphatic carbocycles. The molecule has 114 valence electrons. The number of carbonyl (C=O) groups is 2. The molecule has 2 aromatic carbocycles. The third-order valence-electron chi connectivity index (χ3n) is 3.14. The van der Waals surface area contributed by atoms with Crippen LogP contribution in [0.25, 0.3) is 11.1 Å². The van der Waals surface area contributed by atoms with Gasteiger partial charge in [-0.25, -0.2) is 0 Å². The number of ketones is 2. The lowest BCUT2D eigenvalue weighted by molar-refractivity contribution is -0.0195. The molecule has 0 heterocycles. The topological polar surface area (TPSA) is 115 Å². The molecule has 0 spiro atoms. The summed E-state index contributed by atoms with van der Waals surface area (Å²) < 4.78 is 0. The van der Waals surface area contributed by atoms with Crippen molar-refractivity contribution in [3.63, 3.8) is 0 Å². The second kappa shape index (κ2) is 6.59. The fraction of sp³-hybridized carbons (Fsp3) is 0.125. The van der Waals surface area contributed by atoms with E-state index in [1.54, 1.807) is 24.3 Å². The molecular formula is C16H14O6. The van der Waals surface area contributed by atoms with E-state index in [-0.39, 0.29) is 11.1 Å². The van der Waals surface area contributed by atoms with Gasteiger partial charge in [0.2, 0.25) is 24.1 Å². The first-order valence-electron chi connectivity index (χ1n) is 6.41. The largest absolute Gasteiger partial charge is 0.362 e. The summed E-state index contributed by atoms with van der Waals surface area (Å²) in [6.07, 6.45) is -4.08. The van der Waals surface area contributed by atoms with Gasteiger partial charge >= 0.3 is 0 Å². The molecule has 0 atom stereocenters. The molecule has 0 bridgehead atoms. The van der Waals surface area contributed by atoms with Gasteiger partial charge in [0.1, 0.15) is 0 Å². The number of rotatable bonds is 5. The van der Waals surface area contributed by atoms with Crippen molar-refractivity contribution in [2.24, 2.45) is 0 Å². The van der Waals surface area contributed by atoms with Crippen LogP contribution >= 0.6 is 0 Å². The van der Waals surface area contributed by atoms with E-state index in [2.05, 4.69) is 0 Å². The van der Waals surface area contributed by atoms with Crippen LogP contribution in [0.2, 0.25) is 0 Å². The Bertz CT molecular complexity index is 609. The van der Waals surface area contributed by atoms with Crippen LogP contribution in [0.1, 0.15) is 20.7 Å². The average molecular weight is 302 g/mol. The summed E-state index contributed by atoms with van der Waals surface area (Å²) in [7, 11) is 0. The van der Waals surface area contributed by atoms with E-state index in [0.29, 0.717) is 0 Å². The molecule has 4 N–H and O–H groups in total. The number of carbonyl (C=O) groups excluding carboxylic acids is 2. The Morgan fingerprint density at radius 2 is 0.864 bits per heavy atom. The highest BCUT2D eigenvalue weighted by Crippen LogP contribution is 2.21. The quantitative estimate of drug-likeness (QED) is 0.468. The standard InChI is InChI=1S/C16H14O6/c17-13(15(19)20)11-5-1-9(2-6-11)10-3-7-12(8-4-10)14(18)16(21)22/h1-8,15-16,19-22H. The number of benzene rings is 2. The minimum absolute atomic E-state index is 0.175. The second-order valence-electron chi connectivity index (χ2n) is 4.63. The molecule has 2 aromatic rings. The first-order chi connectivity index (χ1) is 10.4. The normalized spacial score (nSPS) is 11.0. The van der Waals surface area contributed by atoms with Crippen molar-refractivity contribution in [1.82, 2.24) is 0 Å². The van der Waals surface area contributed by atoms with Crippen molar-refractivity contribution in [2.45, 2.75) is 12.6 Å². The molecule has 0 unspecified atom stereocenters. The average Bonchev–Trinajstić information content (AvgIpc) is 2.53. The summed E-state index contributed by atoms with van der Waals surface area (Å²) in [5.74, 6) is -1.58. The smallest absolute Gasteiger partial charge is 0.218 e. The van der Waals surface area contributed by atoms with Crippen LogP contribution in [0.4, 0.5) is 0 Å². The lowest BCUT2D eigenvalue weighted by Crippen LogP contribution is -2.19. The van der Waals surface area contributed by atoms with E-state index in [4.69, 9.17) is 20.4 Å². The van der Waals surface area contributed by atoms with Gasteiger partial charge in [-0.1, -0.05) is 48.5 Å². The Balaban J connectivity index is 2.22. The molecule has 0 fully saturated rings. The van der Waals surface area contributed by atoms with E-state index < -0.39 is 24.1 Å². The molecule has 0 aliphatic rings. The zero-order chi connectivity index (χ0) is 16.3. The maximum atomic E-state index is 11.4. The van der Waals surface area contributed by atoms with E-state index in [9.17, 15) is 9.59 Å². The van der Waals surface area contributed by atoms with Crippen LogP contribution < -0.4 is 0 Å². The Morgan fingerprint density at radius 3 is 1.09 bits per heavy atom. The highest BCUT2D eigenvalue weighted by molar-refractivity contribution is 5.99. The monoisotopic (exact) mass is 302 g/mol. The molecule has 6 heteroatoms. The molecule has 0 aliphatic heterocycles. The fourth-order valence-electron chi connectivity index (χ4n) is 1.95. The van der Waals surface area contributed by atoms with E-state index in [1.807, 2.05) is 0 Å². The number of hydrogen-bond donors (Lipinski definition) is 4. The summed E-state index contributed by atoms with van der Waals surface area (Å²) >= 11 is 0. The lowest BCUT2D eigenvalue weighted by Gasteiger charge is -2.07. The fourth-order valence-corrected chi connectivity index (χ4v) is 1.95. The SMILES string of the molecule is O=C(c1ccc(-c2ccc(C(=O)C(O)O)cc2)cc1)C(O)O. The van der Waals surface area contributed by atoms with Crippen LogP contribution in [0.15, 0.2) is 48.5 Å². The Labute approximate surface area is 125 Å². The minimum atomic E-state index is -2.04. The van der Waals surface area contributed by atoms with Crippen LogP contribution in [-0.2, 0) is 0 Å². The van der Waals surface area contributed by atoms with Gasteiger partial charge in [-0.05, 0) is 11.1 Å². The van der Waals surface area contributed by atoms with Crippen molar-refractivity contribution in [3.8, 4) is 11.1 Å². The van der Waals surface area contributed by atoms with Crippen molar-refractivity contribution in [2.75, 3.05) is 0 Å². The lowest BCUT2D eigenvalue weighted by atomic mass is 10.00. The molecule has 2 rings (SSSR count). The van der Waals surface area contributed by atoms with Crippen molar-refractivity contribution in [1.29, 1.82) is 0 Å². The molecule has 6 nitrogen and oxygen atoms in total. The van der Waals surface area contributed by atoms with Gasteiger partial charge < -0.3 is 20.4 Å². The van der Waals surface area contributed by atoms with Gasteiger partial charge in [0, 0.05) is 11.1 Å². The number of hydrogen-bond acceptors (Lipinski definition) is 6. The van der Waals surface area contributed by atoms with Gasteiger partial charge in [0.15, 0.2) is 0 Å². The zero-order valence-electron chi connectivity index (χ0n) is 11.4. The molecular weight excluding hydrogens is 288 g/mol. The van der Waals surface area contributed by atoms with Crippen LogP contribution in [0.5, 0.6) is 0 Å². The van der Waals surface area contributed by atoms with Gasteiger partial charge in [-0.3, -0.25) is 9.59 Å². The van der Waals surface area contributed by atoms with Crippen LogP contribution in [0.3, 0.4) is 0 Å². The van der Waals surface area contributed by atoms with Gasteiger partial charge in [-0.15, -0.1) is 0 Å². The summed E-state index contributed by atoms with van der Waals surface area (Å²) in [6, 6.07) is 12.4. The maximum absolute atomic E-state index is 11.4. The number of aliphatic hydroxyl groups is 4. The van der Waals surface area contributed by atoms with Gasteiger partial charge in [-0.2, -0.15) is 0 Å². The highest BCUT2D eigenvalue weighted by Gasteiger charge is 2.15.